The molecule has 0 amide bonds. The van der Waals surface area contributed by atoms with E-state index in [1.165, 1.54) is 23.1 Å². The van der Waals surface area contributed by atoms with Crippen LogP contribution in [0.25, 0.3) is 0 Å². The first-order valence-electron chi connectivity index (χ1n) is 4.45. The maximum absolute atomic E-state index is 2.29. The highest BCUT2D eigenvalue weighted by Gasteiger charge is 1.91. The molecule has 11 heavy (non-hydrogen) atoms. The lowest BCUT2D eigenvalue weighted by atomic mass is 10.1. The summed E-state index contributed by atoms with van der Waals surface area (Å²) in [4.78, 5) is 0. The molecule has 0 unspecified atom stereocenters. The van der Waals surface area contributed by atoms with Gasteiger partial charge in [0, 0.05) is 0 Å². The van der Waals surface area contributed by atoms with Crippen LogP contribution in [0.2, 0.25) is 0 Å². The number of hydrogen-bond donors (Lipinski definition) is 0. The molecular weight excluding hydrogens is 132 g/mol. The quantitative estimate of drug-likeness (QED) is 0.534. The van der Waals surface area contributed by atoms with Gasteiger partial charge in [-0.3, -0.25) is 0 Å². The van der Waals surface area contributed by atoms with Gasteiger partial charge in [-0.05, 0) is 33.6 Å². The van der Waals surface area contributed by atoms with Gasteiger partial charge in [0.1, 0.15) is 0 Å². The van der Waals surface area contributed by atoms with Crippen LogP contribution in [0, 0.1) is 0 Å². The molecule has 0 fully saturated rings. The van der Waals surface area contributed by atoms with Crippen LogP contribution in [0.5, 0.6) is 0 Å². The van der Waals surface area contributed by atoms with Crippen molar-refractivity contribution in [1.29, 1.82) is 0 Å². The molecule has 0 atom stereocenters. The van der Waals surface area contributed by atoms with Crippen molar-refractivity contribution in [2.75, 3.05) is 0 Å². The van der Waals surface area contributed by atoms with E-state index in [-0.39, 0.29) is 0 Å². The molecule has 0 aliphatic heterocycles. The fourth-order valence-corrected chi connectivity index (χ4v) is 0.874. The van der Waals surface area contributed by atoms with Crippen molar-refractivity contribution in [3.05, 3.63) is 22.8 Å². The van der Waals surface area contributed by atoms with Crippen LogP contribution in [0.1, 0.15) is 47.5 Å². The fraction of sp³-hybridized carbons (Fsp3) is 0.636. The Hall–Kier alpha value is -0.520. The molecular formula is C11H20. The third-order valence-electron chi connectivity index (χ3n) is 2.22. The first-order chi connectivity index (χ1) is 5.11. The zero-order valence-electron chi connectivity index (χ0n) is 8.49. The highest BCUT2D eigenvalue weighted by Crippen LogP contribution is 2.11. The molecule has 0 heteroatoms. The lowest BCUT2D eigenvalue weighted by molar-refractivity contribution is 1.05. The Balaban J connectivity index is 4.37. The number of rotatable bonds is 3. The molecule has 64 valence electrons. The van der Waals surface area contributed by atoms with Gasteiger partial charge in [0.15, 0.2) is 0 Å². The number of hydrogen-bond acceptors (Lipinski definition) is 0. The Morgan fingerprint density at radius 2 is 1.55 bits per heavy atom. The van der Waals surface area contributed by atoms with Crippen LogP contribution in [-0.4, -0.2) is 0 Å². The van der Waals surface area contributed by atoms with Gasteiger partial charge >= 0.3 is 0 Å². The summed E-state index contributed by atoms with van der Waals surface area (Å²) >= 11 is 0. The van der Waals surface area contributed by atoms with E-state index in [9.17, 15) is 0 Å². The second-order valence-corrected chi connectivity index (χ2v) is 3.16. The lowest BCUT2D eigenvalue weighted by Crippen LogP contribution is -1.80. The smallest absolute Gasteiger partial charge is 0.0346 e. The normalized spacial score (nSPS) is 14.8. The van der Waals surface area contributed by atoms with Gasteiger partial charge in [-0.15, -0.1) is 0 Å². The minimum atomic E-state index is 1.16. The van der Waals surface area contributed by atoms with Gasteiger partial charge in [0.2, 0.25) is 0 Å². The third kappa shape index (κ3) is 4.02. The monoisotopic (exact) mass is 152 g/mol. The van der Waals surface area contributed by atoms with Crippen LogP contribution in [0.4, 0.5) is 0 Å². The average molecular weight is 152 g/mol. The van der Waals surface area contributed by atoms with E-state index in [2.05, 4.69) is 40.7 Å². The van der Waals surface area contributed by atoms with E-state index >= 15 is 0 Å². The predicted octanol–water partition coefficient (Wildman–Crippen LogP) is 4.09. The van der Waals surface area contributed by atoms with Crippen LogP contribution in [0.3, 0.4) is 0 Å². The second-order valence-electron chi connectivity index (χ2n) is 3.16. The molecule has 0 aromatic carbocycles. The highest BCUT2D eigenvalue weighted by molar-refractivity contribution is 5.25. The Morgan fingerprint density at radius 1 is 1.00 bits per heavy atom. The largest absolute Gasteiger partial charge is 0.0733 e. The van der Waals surface area contributed by atoms with E-state index in [0.29, 0.717) is 0 Å². The number of allylic oxidation sites excluding steroid dienone is 4. The van der Waals surface area contributed by atoms with Crippen LogP contribution < -0.4 is 0 Å². The molecule has 0 aromatic rings. The van der Waals surface area contributed by atoms with Gasteiger partial charge in [0.05, 0.1) is 0 Å². The maximum Gasteiger partial charge on any atom is -0.0346 e. The van der Waals surface area contributed by atoms with Crippen LogP contribution >= 0.6 is 0 Å². The van der Waals surface area contributed by atoms with Crippen molar-refractivity contribution in [1.82, 2.24) is 0 Å². The molecule has 0 rings (SSSR count). The Bertz CT molecular complexity index is 170. The van der Waals surface area contributed by atoms with Crippen molar-refractivity contribution in [2.45, 2.75) is 47.5 Å². The van der Waals surface area contributed by atoms with Crippen LogP contribution in [0.15, 0.2) is 22.8 Å². The summed E-state index contributed by atoms with van der Waals surface area (Å²) < 4.78 is 0. The highest BCUT2D eigenvalue weighted by atomic mass is 14.0. The summed E-state index contributed by atoms with van der Waals surface area (Å²) in [6.07, 6.45) is 4.62. The Morgan fingerprint density at radius 3 is 1.91 bits per heavy atom. The van der Waals surface area contributed by atoms with E-state index in [1.807, 2.05) is 0 Å². The molecule has 0 heterocycles. The molecule has 0 spiro atoms. The molecule has 0 saturated carbocycles. The van der Waals surface area contributed by atoms with Crippen molar-refractivity contribution in [3.8, 4) is 0 Å². The summed E-state index contributed by atoms with van der Waals surface area (Å²) in [6.45, 7) is 11.0. The summed E-state index contributed by atoms with van der Waals surface area (Å²) in [6, 6.07) is 0. The molecule has 0 saturated heterocycles. The van der Waals surface area contributed by atoms with Crippen molar-refractivity contribution in [2.24, 2.45) is 0 Å². The van der Waals surface area contributed by atoms with Crippen LogP contribution in [-0.2, 0) is 0 Å². The lowest BCUT2D eigenvalue weighted by Gasteiger charge is -2.01. The molecule has 0 aromatic heterocycles. The third-order valence-corrected chi connectivity index (χ3v) is 2.22. The molecule has 0 bridgehead atoms. The molecule has 0 aliphatic carbocycles. The van der Waals surface area contributed by atoms with Crippen molar-refractivity contribution < 1.29 is 0 Å². The summed E-state index contributed by atoms with van der Waals surface area (Å²) in [7, 11) is 0. The fourth-order valence-electron chi connectivity index (χ4n) is 0.874. The van der Waals surface area contributed by atoms with Gasteiger partial charge in [-0.2, -0.15) is 0 Å². The molecule has 0 radical (unpaired) electrons. The summed E-state index contributed by atoms with van der Waals surface area (Å²) in [5.74, 6) is 0. The van der Waals surface area contributed by atoms with E-state index in [0.717, 1.165) is 6.42 Å². The van der Waals surface area contributed by atoms with Gasteiger partial charge in [0.25, 0.3) is 0 Å². The molecule has 0 nitrogen and oxygen atoms in total. The van der Waals surface area contributed by atoms with Crippen molar-refractivity contribution >= 4 is 0 Å². The van der Waals surface area contributed by atoms with E-state index in [1.54, 1.807) is 0 Å². The average Bonchev–Trinajstić information content (AvgIpc) is 2.02. The molecule has 0 N–H and O–H groups in total. The topological polar surface area (TPSA) is 0 Å². The second kappa shape index (κ2) is 5.17. The zero-order chi connectivity index (χ0) is 8.85. The first kappa shape index (κ1) is 10.5. The Labute approximate surface area is 71.0 Å². The minimum Gasteiger partial charge on any atom is -0.0733 e. The molecule has 0 aliphatic rings. The predicted molar refractivity (Wildman–Crippen MR) is 52.7 cm³/mol. The standard InChI is InChI=1S/C11H20/c1-6-9(3)8-11(5)10(4)7-2/h8H,6-7H2,1-5H3/b9-8-,11-10+. The zero-order valence-corrected chi connectivity index (χ0v) is 8.49. The summed E-state index contributed by atoms with van der Waals surface area (Å²) in [5, 5.41) is 0. The SMILES string of the molecule is CC/C(C)=C\C(C)=C(/C)CC. The van der Waals surface area contributed by atoms with Gasteiger partial charge in [-0.25, -0.2) is 0 Å². The van der Waals surface area contributed by atoms with Crippen molar-refractivity contribution in [3.63, 3.8) is 0 Å². The van der Waals surface area contributed by atoms with E-state index in [4.69, 9.17) is 0 Å². The first-order valence-corrected chi connectivity index (χ1v) is 4.45. The maximum atomic E-state index is 2.29. The minimum absolute atomic E-state index is 1.16. The van der Waals surface area contributed by atoms with Gasteiger partial charge in [-0.1, -0.05) is 36.6 Å². The summed E-state index contributed by atoms with van der Waals surface area (Å²) in [5.41, 5.74) is 4.40. The van der Waals surface area contributed by atoms with E-state index < -0.39 is 0 Å². The Kier molecular flexibility index (Phi) is 4.93. The van der Waals surface area contributed by atoms with Gasteiger partial charge < -0.3 is 0 Å².